The number of hydrogen-bond donors (Lipinski definition) is 13. The van der Waals surface area contributed by atoms with Gasteiger partial charge in [0, 0.05) is 61.0 Å². The first-order chi connectivity index (χ1) is 34.7. The number of H-pyrrole nitrogens is 1. The van der Waals surface area contributed by atoms with E-state index in [0.29, 0.717) is 61.6 Å². The van der Waals surface area contributed by atoms with Gasteiger partial charge in [-0.3, -0.25) is 43.6 Å². The summed E-state index contributed by atoms with van der Waals surface area (Å²) in [4.78, 5) is 122. The van der Waals surface area contributed by atoms with Crippen LogP contribution in [0.25, 0.3) is 0 Å². The van der Waals surface area contributed by atoms with E-state index < -0.39 is 78.5 Å². The number of phenolic OH excluding ortho intramolecular Hbond substituents is 1. The number of hydroxylamine groups is 1. The fourth-order valence-corrected chi connectivity index (χ4v) is 9.93. The van der Waals surface area contributed by atoms with Crippen molar-refractivity contribution in [3.63, 3.8) is 0 Å². The van der Waals surface area contributed by atoms with Crippen molar-refractivity contribution >= 4 is 65.1 Å². The molecule has 0 spiro atoms. The zero-order valence-corrected chi connectivity index (χ0v) is 40.7. The number of urea groups is 1. The molecule has 14 N–H and O–H groups in total. The number of aromatic nitrogens is 2. The number of nitrogens with one attached hydrogen (secondary N) is 10. The van der Waals surface area contributed by atoms with Gasteiger partial charge in [0.25, 0.3) is 0 Å². The number of nitrogens with two attached hydrogens (primary N) is 1. The maximum absolute atomic E-state index is 14.1. The zero-order valence-electron chi connectivity index (χ0n) is 39.9. The monoisotopic (exact) mass is 1020 g/mol. The maximum Gasteiger partial charge on any atom is 0.315 e. The normalized spacial score (nSPS) is 17.3. The van der Waals surface area contributed by atoms with E-state index in [4.69, 9.17) is 5.73 Å². The first kappa shape index (κ1) is 55.7. The van der Waals surface area contributed by atoms with Crippen molar-refractivity contribution in [2.24, 2.45) is 11.7 Å². The van der Waals surface area contributed by atoms with Crippen molar-refractivity contribution in [2.45, 2.75) is 119 Å². The summed E-state index contributed by atoms with van der Waals surface area (Å²) >= 11 is 1.83. The third kappa shape index (κ3) is 19.2. The summed E-state index contributed by atoms with van der Waals surface area (Å²) < 4.78 is 0. The molecule has 2 aliphatic heterocycles. The number of carbonyl (C=O) groups excluding carboxylic acids is 9. The zero-order chi connectivity index (χ0) is 51.8. The highest BCUT2D eigenvalue weighted by atomic mass is 32.2. The molecule has 0 aliphatic carbocycles. The molecule has 2 aromatic carbocycles. The molecule has 0 saturated carbocycles. The fourth-order valence-electron chi connectivity index (χ4n) is 8.38. The van der Waals surface area contributed by atoms with Gasteiger partial charge >= 0.3 is 6.03 Å². The predicted octanol–water partition coefficient (Wildman–Crippen LogP) is -0.380. The molecule has 72 heavy (non-hydrogen) atoms. The van der Waals surface area contributed by atoms with E-state index in [9.17, 15) is 53.5 Å². The minimum Gasteiger partial charge on any atom is -0.508 e. The molecule has 0 radical (unpaired) electrons. The van der Waals surface area contributed by atoms with Crippen LogP contribution in [-0.4, -0.2) is 134 Å². The quantitative estimate of drug-likeness (QED) is 0.0169. The molecule has 5 rings (SSSR count). The lowest BCUT2D eigenvalue weighted by Gasteiger charge is -2.25. The van der Waals surface area contributed by atoms with Crippen LogP contribution in [-0.2, 0) is 57.6 Å². The van der Waals surface area contributed by atoms with Gasteiger partial charge in [0.05, 0.1) is 31.5 Å². The summed E-state index contributed by atoms with van der Waals surface area (Å²) in [5, 5.41) is 40.9. The molecule has 2 fully saturated rings. The second-order valence-corrected chi connectivity index (χ2v) is 19.1. The van der Waals surface area contributed by atoms with Crippen molar-refractivity contribution in [3.05, 3.63) is 83.9 Å². The fraction of sp³-hybridized carbons (Fsp3) is 0.500. The van der Waals surface area contributed by atoms with Crippen molar-refractivity contribution in [3.8, 4) is 5.75 Å². The largest absolute Gasteiger partial charge is 0.508 e. The Balaban J connectivity index is 1.07. The van der Waals surface area contributed by atoms with E-state index in [1.807, 2.05) is 42.1 Å². The number of imidazole rings is 1. The molecule has 24 heteroatoms. The molecule has 10 amide bonds. The molecule has 390 valence electrons. The van der Waals surface area contributed by atoms with Crippen LogP contribution in [0.4, 0.5) is 4.79 Å². The van der Waals surface area contributed by atoms with E-state index in [1.165, 1.54) is 36.8 Å². The third-order valence-electron chi connectivity index (χ3n) is 12.3. The lowest BCUT2D eigenvalue weighted by atomic mass is 9.94. The van der Waals surface area contributed by atoms with Crippen LogP contribution in [0.5, 0.6) is 5.75 Å². The Morgan fingerprint density at radius 1 is 0.722 bits per heavy atom. The Hall–Kier alpha value is -7.21. The third-order valence-corrected chi connectivity index (χ3v) is 13.8. The Morgan fingerprint density at radius 2 is 1.46 bits per heavy atom. The highest BCUT2D eigenvalue weighted by Crippen LogP contribution is 2.33. The van der Waals surface area contributed by atoms with Gasteiger partial charge in [0.1, 0.15) is 23.9 Å². The van der Waals surface area contributed by atoms with Crippen LogP contribution < -0.4 is 53.7 Å². The van der Waals surface area contributed by atoms with Crippen LogP contribution in [0.15, 0.2) is 67.1 Å². The molecule has 2 saturated heterocycles. The maximum atomic E-state index is 14.1. The molecule has 2 aliphatic rings. The number of amides is 10. The average Bonchev–Trinajstić information content (AvgIpc) is 4.12. The number of carbonyl (C=O) groups is 9. The van der Waals surface area contributed by atoms with Gasteiger partial charge in [-0.1, -0.05) is 48.9 Å². The first-order valence-corrected chi connectivity index (χ1v) is 25.1. The molecule has 3 aromatic rings. The van der Waals surface area contributed by atoms with Gasteiger partial charge in [0.15, 0.2) is 0 Å². The topological polar surface area (TPSA) is 357 Å². The Labute approximate surface area is 420 Å². The van der Waals surface area contributed by atoms with E-state index >= 15 is 0 Å². The van der Waals surface area contributed by atoms with Crippen molar-refractivity contribution < 1.29 is 53.5 Å². The van der Waals surface area contributed by atoms with Gasteiger partial charge < -0.3 is 58.4 Å². The summed E-state index contributed by atoms with van der Waals surface area (Å²) in [6.07, 6.45) is 7.60. The smallest absolute Gasteiger partial charge is 0.315 e. The minimum absolute atomic E-state index is 0.0425. The number of thioether (sulfide) groups is 1. The summed E-state index contributed by atoms with van der Waals surface area (Å²) in [6, 6.07) is 11.8. The van der Waals surface area contributed by atoms with Crippen molar-refractivity contribution in [1.82, 2.24) is 58.0 Å². The van der Waals surface area contributed by atoms with Gasteiger partial charge in [0.2, 0.25) is 47.3 Å². The van der Waals surface area contributed by atoms with Crippen molar-refractivity contribution in [1.29, 1.82) is 0 Å². The molecule has 7 atom stereocenters. The SMILES string of the molecule is NC(=O)[C@H](CCCCNC(=O)CCCC[C@@H]1SC[C@@H]2NC(=O)N[C@@H]21)NC(=O)CNC(=O)CNC(=O)[C@H](Cc1ccc(O)cc1)NC(=O)[C@H](Cc1cnc[nH]1)NC(=O)C(CCCc1ccccc1)CC(=O)NO. The number of unbranched alkanes of at least 4 members (excludes halogenated alkanes) is 2. The molecule has 0 bridgehead atoms. The number of primary amides is 1. The lowest BCUT2D eigenvalue weighted by molar-refractivity contribution is -0.137. The number of fused-ring (bicyclic) bond motifs is 1. The number of aromatic hydroxyl groups is 1. The molecule has 3 heterocycles. The molecular weight excluding hydrogens is 953 g/mol. The van der Waals surface area contributed by atoms with E-state index in [2.05, 4.69) is 52.5 Å². The van der Waals surface area contributed by atoms with Crippen LogP contribution >= 0.6 is 11.8 Å². The molecule has 23 nitrogen and oxygen atoms in total. The van der Waals surface area contributed by atoms with Gasteiger partial charge in [-0.25, -0.2) is 15.3 Å². The molecule has 1 unspecified atom stereocenters. The summed E-state index contributed by atoms with van der Waals surface area (Å²) in [7, 11) is 0. The minimum atomic E-state index is -1.33. The standard InChI is InChI=1S/C48H66N12O11S/c49-44(66)34(13-6-7-20-51-39(62)15-5-4-14-38-43-37(27-72-38)58-48(70)59-43)55-42(65)26-52-41(64)25-53-46(68)35(21-30-16-18-33(61)19-17-30)57-47(69)36(23-32-24-50-28-54-32)56-45(67)31(22-40(63)60-71)12-8-11-29-9-2-1-3-10-29/h1-3,9-10,16-19,24,28,31,34-38,43,61,71H,4-8,11-15,20-23,25-27H2,(H2,49,66)(H,50,54)(H,51,62)(H,52,64)(H,53,68)(H,55,65)(H,56,67)(H,57,69)(H,60,63)(H2,58,59,70)/t31?,34-,35-,36-,37-,38-,43-/m0/s1. The highest BCUT2D eigenvalue weighted by molar-refractivity contribution is 8.00. The summed E-state index contributed by atoms with van der Waals surface area (Å²) in [6.45, 7) is -0.815. The summed E-state index contributed by atoms with van der Waals surface area (Å²) in [5.74, 6) is -5.52. The van der Waals surface area contributed by atoms with Gasteiger partial charge in [-0.2, -0.15) is 11.8 Å². The number of nitrogens with zero attached hydrogens (tertiary/aromatic N) is 1. The second kappa shape index (κ2) is 29.2. The number of phenols is 1. The van der Waals surface area contributed by atoms with Crippen LogP contribution in [0.1, 0.15) is 81.0 Å². The van der Waals surface area contributed by atoms with E-state index in [1.54, 1.807) is 5.48 Å². The molecule has 1 aromatic heterocycles. The van der Waals surface area contributed by atoms with Gasteiger partial charge in [-0.05, 0) is 74.6 Å². The Bertz CT molecular complexity index is 2290. The summed E-state index contributed by atoms with van der Waals surface area (Å²) in [5.41, 5.74) is 9.09. The predicted molar refractivity (Wildman–Crippen MR) is 263 cm³/mol. The lowest BCUT2D eigenvalue weighted by Crippen LogP contribution is -2.56. The van der Waals surface area contributed by atoms with E-state index in [-0.39, 0.29) is 61.9 Å². The number of benzene rings is 2. The Morgan fingerprint density at radius 3 is 2.18 bits per heavy atom. The molecular formula is C48H66N12O11S. The Kier molecular flexibility index (Phi) is 22.6. The van der Waals surface area contributed by atoms with Gasteiger partial charge in [-0.15, -0.1) is 0 Å². The number of rotatable bonds is 31. The van der Waals surface area contributed by atoms with Crippen LogP contribution in [0.3, 0.4) is 0 Å². The van der Waals surface area contributed by atoms with Crippen molar-refractivity contribution in [2.75, 3.05) is 25.4 Å². The number of hydrogen-bond acceptors (Lipinski definition) is 13. The van der Waals surface area contributed by atoms with E-state index in [0.717, 1.165) is 24.2 Å². The highest BCUT2D eigenvalue weighted by Gasteiger charge is 2.42. The van der Waals surface area contributed by atoms with Crippen LogP contribution in [0, 0.1) is 5.92 Å². The number of aromatic amines is 1. The first-order valence-electron chi connectivity index (χ1n) is 24.1. The number of aryl methyl sites for hydroxylation is 1. The second-order valence-electron chi connectivity index (χ2n) is 17.8. The van der Waals surface area contributed by atoms with Crippen LogP contribution in [0.2, 0.25) is 0 Å². The average molecular weight is 1020 g/mol.